The van der Waals surface area contributed by atoms with E-state index < -0.39 is 13.9 Å². The van der Waals surface area contributed by atoms with Gasteiger partial charge in [-0.1, -0.05) is 228 Å². The predicted molar refractivity (Wildman–Crippen MR) is 284 cm³/mol. The van der Waals surface area contributed by atoms with Gasteiger partial charge in [-0.05, 0) is 64.2 Å². The normalized spacial score (nSPS) is 14.1. The minimum absolute atomic E-state index is 0.0824. The lowest BCUT2D eigenvalue weighted by Gasteiger charge is -2.24. The molecule has 0 aromatic rings. The number of allylic oxidation sites excluding steroid dienone is 12. The van der Waals surface area contributed by atoms with Crippen LogP contribution in [0.5, 0.6) is 0 Å². The molecule has 0 aromatic heterocycles. The molecule has 2 atom stereocenters. The summed E-state index contributed by atoms with van der Waals surface area (Å²) in [7, 11) is 1.65. The number of rotatable bonds is 50. The van der Waals surface area contributed by atoms with Crippen LogP contribution in [0.15, 0.2) is 72.9 Å². The lowest BCUT2D eigenvalue weighted by molar-refractivity contribution is -0.870. The number of phosphoric ester groups is 1. The Morgan fingerprint density at radius 1 is 0.485 bits per heavy atom. The summed E-state index contributed by atoms with van der Waals surface area (Å²) < 4.78 is 35.2. The Kier molecular flexibility index (Phi) is 47.8. The average molecular weight is 947 g/mol. The second kappa shape index (κ2) is 49.4. The van der Waals surface area contributed by atoms with Crippen LogP contribution < -0.4 is 0 Å². The number of phosphoric acid groups is 1. The highest BCUT2D eigenvalue weighted by Crippen LogP contribution is 2.43. The first-order chi connectivity index (χ1) is 32.1. The van der Waals surface area contributed by atoms with E-state index in [-0.39, 0.29) is 25.8 Å². The minimum atomic E-state index is -4.29. The molecule has 0 amide bonds. The van der Waals surface area contributed by atoms with Crippen molar-refractivity contribution in [3.63, 3.8) is 0 Å². The Balaban J connectivity index is 4.17. The summed E-state index contributed by atoms with van der Waals surface area (Å²) in [6.45, 7) is 5.48. The van der Waals surface area contributed by atoms with Gasteiger partial charge in [0.05, 0.1) is 34.4 Å². The number of likely N-dealkylation sites (N-methyl/N-ethyl adjacent to an activating group) is 1. The summed E-state index contributed by atoms with van der Waals surface area (Å²) in [6, 6.07) is 0. The highest BCUT2D eigenvalue weighted by molar-refractivity contribution is 7.47. The number of hydrogen-bond donors (Lipinski definition) is 1. The van der Waals surface area contributed by atoms with Gasteiger partial charge < -0.3 is 18.9 Å². The summed E-state index contributed by atoms with van der Waals surface area (Å²) in [5.41, 5.74) is 0. The Labute approximate surface area is 408 Å². The van der Waals surface area contributed by atoms with Crippen LogP contribution in [-0.2, 0) is 27.9 Å². The molecule has 0 saturated heterocycles. The molecule has 0 spiro atoms. The Morgan fingerprint density at radius 3 is 1.32 bits per heavy atom. The fourth-order valence-corrected chi connectivity index (χ4v) is 8.12. The summed E-state index contributed by atoms with van der Waals surface area (Å²) in [6.07, 6.45) is 65.3. The molecule has 0 aliphatic rings. The number of carbonyl (C=O) groups is 1. The van der Waals surface area contributed by atoms with Gasteiger partial charge in [0.15, 0.2) is 0 Å². The molecule has 9 heteroatoms. The maximum atomic E-state index is 12.8. The van der Waals surface area contributed by atoms with E-state index in [1.54, 1.807) is 0 Å². The molecule has 8 nitrogen and oxygen atoms in total. The molecule has 0 rings (SSSR count). The first-order valence-corrected chi connectivity index (χ1v) is 28.7. The van der Waals surface area contributed by atoms with Gasteiger partial charge in [0, 0.05) is 13.0 Å². The van der Waals surface area contributed by atoms with E-state index in [1.165, 1.54) is 122 Å². The van der Waals surface area contributed by atoms with Crippen molar-refractivity contribution in [2.24, 2.45) is 0 Å². The second-order valence-electron chi connectivity index (χ2n) is 19.2. The molecule has 0 aromatic carbocycles. The number of esters is 1. The predicted octanol–water partition coefficient (Wildman–Crippen LogP) is 17.0. The Bertz CT molecular complexity index is 1280. The van der Waals surface area contributed by atoms with Gasteiger partial charge in [-0.2, -0.15) is 0 Å². The largest absolute Gasteiger partial charge is 0.472 e. The zero-order valence-corrected chi connectivity index (χ0v) is 44.6. The first kappa shape index (κ1) is 63.9. The molecule has 0 heterocycles. The van der Waals surface area contributed by atoms with Crippen molar-refractivity contribution in [2.75, 3.05) is 54.1 Å². The molecule has 0 saturated carbocycles. The zero-order valence-electron chi connectivity index (χ0n) is 43.7. The third-order valence-electron chi connectivity index (χ3n) is 11.5. The summed E-state index contributed by atoms with van der Waals surface area (Å²) >= 11 is 0. The quantitative estimate of drug-likeness (QED) is 0.0214. The van der Waals surface area contributed by atoms with Gasteiger partial charge in [-0.25, -0.2) is 4.57 Å². The van der Waals surface area contributed by atoms with E-state index in [9.17, 15) is 14.3 Å². The molecule has 1 N–H and O–H groups in total. The van der Waals surface area contributed by atoms with Crippen LogP contribution in [0.1, 0.15) is 226 Å². The standard InChI is InChI=1S/C57H104NO7P/c1-6-8-10-12-14-16-18-20-22-24-26-28-29-30-31-33-35-37-39-41-43-45-47-49-52-62-54-56(55-64-66(60,61)63-53-51-58(3,4)5)65-57(59)50-48-46-44-42-40-38-36-34-32-27-25-23-21-19-17-15-13-11-9-7-2/h8,10,14,16,20,22,26,28,30-31,35,37,56H,6-7,9,11-13,15,17-19,21,23-25,27,29,32-34,36,38-55H2,1-5H3/p+1/b10-8-,16-14-,22-20-,28-26-,31-30-,37-35-. The molecule has 0 bridgehead atoms. The number of ether oxygens (including phenoxy) is 2. The number of quaternary nitrogens is 1. The van der Waals surface area contributed by atoms with Crippen molar-refractivity contribution >= 4 is 13.8 Å². The van der Waals surface area contributed by atoms with Crippen molar-refractivity contribution in [3.8, 4) is 0 Å². The Hall–Kier alpha value is -2.06. The van der Waals surface area contributed by atoms with E-state index >= 15 is 0 Å². The van der Waals surface area contributed by atoms with Gasteiger partial charge in [-0.3, -0.25) is 13.8 Å². The summed E-state index contributed by atoms with van der Waals surface area (Å²) in [4.78, 5) is 23.0. The van der Waals surface area contributed by atoms with E-state index in [2.05, 4.69) is 86.8 Å². The van der Waals surface area contributed by atoms with Crippen LogP contribution in [0.3, 0.4) is 0 Å². The van der Waals surface area contributed by atoms with Gasteiger partial charge >= 0.3 is 13.8 Å². The highest BCUT2D eigenvalue weighted by Gasteiger charge is 2.26. The van der Waals surface area contributed by atoms with Crippen LogP contribution >= 0.6 is 7.82 Å². The molecule has 2 unspecified atom stereocenters. The lowest BCUT2D eigenvalue weighted by atomic mass is 10.0. The maximum Gasteiger partial charge on any atom is 0.472 e. The summed E-state index contributed by atoms with van der Waals surface area (Å²) in [5, 5.41) is 0. The molecule has 0 aliphatic carbocycles. The van der Waals surface area contributed by atoms with E-state index in [1.807, 2.05) is 21.1 Å². The number of unbranched alkanes of at least 4 members (excludes halogenated alkanes) is 24. The summed E-state index contributed by atoms with van der Waals surface area (Å²) in [5.74, 6) is -0.319. The third kappa shape index (κ3) is 52.9. The molecule has 0 fully saturated rings. The van der Waals surface area contributed by atoms with Crippen LogP contribution in [-0.4, -0.2) is 75.6 Å². The minimum Gasteiger partial charge on any atom is -0.457 e. The van der Waals surface area contributed by atoms with Gasteiger partial charge in [-0.15, -0.1) is 0 Å². The monoisotopic (exact) mass is 947 g/mol. The second-order valence-corrected chi connectivity index (χ2v) is 20.7. The smallest absolute Gasteiger partial charge is 0.457 e. The molecule has 0 radical (unpaired) electrons. The van der Waals surface area contributed by atoms with E-state index in [0.717, 1.165) is 83.5 Å². The maximum absolute atomic E-state index is 12.8. The van der Waals surface area contributed by atoms with Crippen LogP contribution in [0.2, 0.25) is 0 Å². The first-order valence-electron chi connectivity index (χ1n) is 27.2. The fourth-order valence-electron chi connectivity index (χ4n) is 7.38. The molecular formula is C57H105NO7P+. The van der Waals surface area contributed by atoms with Crippen molar-refractivity contribution in [3.05, 3.63) is 72.9 Å². The average Bonchev–Trinajstić information content (AvgIpc) is 3.28. The molecule has 66 heavy (non-hydrogen) atoms. The van der Waals surface area contributed by atoms with E-state index in [4.69, 9.17) is 18.5 Å². The number of carbonyl (C=O) groups excluding carboxylic acids is 1. The van der Waals surface area contributed by atoms with Crippen molar-refractivity contribution in [2.45, 2.75) is 232 Å². The molecular weight excluding hydrogens is 842 g/mol. The highest BCUT2D eigenvalue weighted by atomic mass is 31.2. The van der Waals surface area contributed by atoms with E-state index in [0.29, 0.717) is 24.1 Å². The van der Waals surface area contributed by atoms with Crippen molar-refractivity contribution in [1.82, 2.24) is 0 Å². The third-order valence-corrected chi connectivity index (χ3v) is 12.5. The van der Waals surface area contributed by atoms with Gasteiger partial charge in [0.1, 0.15) is 19.3 Å². The SMILES string of the molecule is CC/C=C\C/C=C\C/C=C\C/C=C\C/C=C\C/C=C\CCCCCCCOCC(COP(=O)(O)OCC[N+](C)(C)C)OC(=O)CCCCCCCCCCCCCCCCCCCCCC. The Morgan fingerprint density at radius 2 is 0.879 bits per heavy atom. The zero-order chi connectivity index (χ0) is 48.3. The molecule has 384 valence electrons. The van der Waals surface area contributed by atoms with Crippen LogP contribution in [0, 0.1) is 0 Å². The van der Waals surface area contributed by atoms with Crippen LogP contribution in [0.4, 0.5) is 0 Å². The number of hydrogen-bond acceptors (Lipinski definition) is 6. The van der Waals surface area contributed by atoms with Crippen molar-refractivity contribution in [1.29, 1.82) is 0 Å². The van der Waals surface area contributed by atoms with Crippen LogP contribution in [0.25, 0.3) is 0 Å². The van der Waals surface area contributed by atoms with Gasteiger partial charge in [0.25, 0.3) is 0 Å². The van der Waals surface area contributed by atoms with Crippen molar-refractivity contribution < 1.29 is 37.3 Å². The topological polar surface area (TPSA) is 91.3 Å². The van der Waals surface area contributed by atoms with Gasteiger partial charge in [0.2, 0.25) is 0 Å². The number of nitrogens with zero attached hydrogens (tertiary/aromatic N) is 1. The molecule has 0 aliphatic heterocycles. The fraction of sp³-hybridized carbons (Fsp3) is 0.772. The lowest BCUT2D eigenvalue weighted by Crippen LogP contribution is -2.37.